The van der Waals surface area contributed by atoms with Crippen LogP contribution in [0.5, 0.6) is 0 Å². The van der Waals surface area contributed by atoms with Crippen LogP contribution in [0.2, 0.25) is 0 Å². The molecule has 0 atom stereocenters. The highest BCUT2D eigenvalue weighted by Gasteiger charge is 2.51. The number of hydrogen-bond donors (Lipinski definition) is 0. The molecular weight excluding hydrogens is 693 g/mol. The molecular formula is C53H34N4. The van der Waals surface area contributed by atoms with Gasteiger partial charge in [0.1, 0.15) is 0 Å². The molecule has 0 N–H and O–H groups in total. The highest BCUT2D eigenvalue weighted by molar-refractivity contribution is 5.96. The molecule has 0 saturated heterocycles. The van der Waals surface area contributed by atoms with Crippen molar-refractivity contribution in [1.82, 2.24) is 15.0 Å². The van der Waals surface area contributed by atoms with Gasteiger partial charge in [-0.25, -0.2) is 15.0 Å². The molecule has 57 heavy (non-hydrogen) atoms. The van der Waals surface area contributed by atoms with E-state index in [1.54, 1.807) is 0 Å². The second-order valence-corrected chi connectivity index (χ2v) is 15.0. The molecule has 1 spiro atoms. The highest BCUT2D eigenvalue weighted by atomic mass is 15.0. The van der Waals surface area contributed by atoms with Gasteiger partial charge in [0.15, 0.2) is 17.5 Å². The van der Waals surface area contributed by atoms with Crippen LogP contribution in [0.3, 0.4) is 0 Å². The molecule has 7 aromatic carbocycles. The Kier molecular flexibility index (Phi) is 7.55. The van der Waals surface area contributed by atoms with Crippen molar-refractivity contribution in [3.8, 4) is 73.4 Å². The summed E-state index contributed by atoms with van der Waals surface area (Å²) in [6, 6.07) is 60.6. The van der Waals surface area contributed by atoms with E-state index in [2.05, 4.69) is 152 Å². The number of fused-ring (bicyclic) bond motifs is 10. The number of nitrogens with zero attached hydrogens (tertiary/aromatic N) is 4. The van der Waals surface area contributed by atoms with E-state index >= 15 is 0 Å². The topological polar surface area (TPSA) is 62.5 Å². The van der Waals surface area contributed by atoms with Crippen molar-refractivity contribution in [2.45, 2.75) is 18.3 Å². The van der Waals surface area contributed by atoms with E-state index in [0.29, 0.717) is 17.2 Å². The maximum absolute atomic E-state index is 10.0. The Morgan fingerprint density at radius 2 is 0.965 bits per heavy atom. The van der Waals surface area contributed by atoms with Crippen LogP contribution in [-0.4, -0.2) is 15.0 Å². The summed E-state index contributed by atoms with van der Waals surface area (Å²) in [5.41, 5.74) is 17.6. The van der Waals surface area contributed by atoms with Gasteiger partial charge in [-0.05, 0) is 109 Å². The van der Waals surface area contributed by atoms with Crippen LogP contribution in [-0.2, 0) is 5.41 Å². The van der Waals surface area contributed by atoms with Gasteiger partial charge in [0.25, 0.3) is 0 Å². The van der Waals surface area contributed by atoms with Crippen LogP contribution in [0.25, 0.3) is 72.9 Å². The molecule has 0 fully saturated rings. The van der Waals surface area contributed by atoms with E-state index in [4.69, 9.17) is 15.0 Å². The minimum Gasteiger partial charge on any atom is -0.209 e. The molecule has 3 aliphatic carbocycles. The molecule has 0 radical (unpaired) electrons. The number of allylic oxidation sites excluding steroid dienone is 4. The van der Waals surface area contributed by atoms with Crippen molar-refractivity contribution in [2.75, 3.05) is 0 Å². The van der Waals surface area contributed by atoms with Gasteiger partial charge in [-0.3, -0.25) is 0 Å². The predicted octanol–water partition coefficient (Wildman–Crippen LogP) is 12.5. The minimum absolute atomic E-state index is 0.520. The summed E-state index contributed by atoms with van der Waals surface area (Å²) in [5.74, 6) is 2.08. The first-order chi connectivity index (χ1) is 28.2. The largest absolute Gasteiger partial charge is 0.209 e. The Hall–Kier alpha value is -7.48. The number of nitriles is 1. The molecule has 0 bridgehead atoms. The molecule has 1 heterocycles. The number of benzene rings is 7. The first-order valence-electron chi connectivity index (χ1n) is 19.5. The molecule has 1 aromatic heterocycles. The Morgan fingerprint density at radius 1 is 0.439 bits per heavy atom. The zero-order chi connectivity index (χ0) is 37.9. The van der Waals surface area contributed by atoms with Crippen LogP contribution in [0.1, 0.15) is 46.5 Å². The average Bonchev–Trinajstić information content (AvgIpc) is 3.76. The number of aromatic nitrogens is 3. The summed E-state index contributed by atoms with van der Waals surface area (Å²) in [4.78, 5) is 14.8. The molecule has 4 heteroatoms. The van der Waals surface area contributed by atoms with Gasteiger partial charge in [0.05, 0.1) is 17.0 Å². The lowest BCUT2D eigenvalue weighted by Crippen LogP contribution is -2.26. The van der Waals surface area contributed by atoms with Crippen molar-refractivity contribution < 1.29 is 0 Å². The molecule has 0 saturated carbocycles. The first kappa shape index (κ1) is 32.9. The fourth-order valence-electron chi connectivity index (χ4n) is 9.23. The normalized spacial score (nSPS) is 14.0. The molecule has 3 aliphatic rings. The van der Waals surface area contributed by atoms with E-state index in [1.165, 1.54) is 44.5 Å². The Morgan fingerprint density at radius 3 is 1.65 bits per heavy atom. The first-order valence-corrected chi connectivity index (χ1v) is 19.5. The van der Waals surface area contributed by atoms with Gasteiger partial charge >= 0.3 is 0 Å². The van der Waals surface area contributed by atoms with Crippen molar-refractivity contribution in [2.24, 2.45) is 0 Å². The Labute approximate surface area is 331 Å². The molecule has 266 valence electrons. The molecule has 8 aromatic rings. The van der Waals surface area contributed by atoms with E-state index in [1.807, 2.05) is 36.4 Å². The third-order valence-electron chi connectivity index (χ3n) is 11.9. The lowest BCUT2D eigenvalue weighted by molar-refractivity contribution is 0.793. The Balaban J connectivity index is 0.992. The van der Waals surface area contributed by atoms with Crippen LogP contribution in [0.15, 0.2) is 182 Å². The smallest absolute Gasteiger partial charge is 0.164 e. The van der Waals surface area contributed by atoms with Gasteiger partial charge in [0, 0.05) is 11.1 Å². The van der Waals surface area contributed by atoms with Crippen molar-refractivity contribution in [3.63, 3.8) is 0 Å². The van der Waals surface area contributed by atoms with Crippen LogP contribution >= 0.6 is 0 Å². The second kappa shape index (κ2) is 13.1. The summed E-state index contributed by atoms with van der Waals surface area (Å²) in [5, 5.41) is 10.0. The van der Waals surface area contributed by atoms with E-state index < -0.39 is 5.41 Å². The van der Waals surface area contributed by atoms with Gasteiger partial charge in [0.2, 0.25) is 0 Å². The quantitative estimate of drug-likeness (QED) is 0.177. The second-order valence-electron chi connectivity index (χ2n) is 15.0. The highest BCUT2D eigenvalue weighted by Crippen LogP contribution is 2.63. The monoisotopic (exact) mass is 726 g/mol. The fourth-order valence-corrected chi connectivity index (χ4v) is 9.23. The summed E-state index contributed by atoms with van der Waals surface area (Å²) >= 11 is 0. The van der Waals surface area contributed by atoms with Crippen LogP contribution < -0.4 is 0 Å². The number of rotatable bonds is 5. The zero-order valence-corrected chi connectivity index (χ0v) is 31.0. The van der Waals surface area contributed by atoms with Crippen LogP contribution in [0, 0.1) is 11.3 Å². The summed E-state index contributed by atoms with van der Waals surface area (Å²) in [6.45, 7) is 0. The standard InChI is InChI=1S/C53H34N4/c54-33-34-22-28-44-45-29-27-41(32-49(45)53(48(44)30-34)46-20-9-7-18-42(46)43-19-8-10-21-47(43)53)40-17-11-16-39(31-40)35-23-25-38(26-24-35)52-56-50(36-12-3-1-4-13-36)55-51(57-52)37-14-5-2-6-15-37/h1-5,7-14,16-32H,6,15H2. The summed E-state index contributed by atoms with van der Waals surface area (Å²) in [7, 11) is 0. The van der Waals surface area contributed by atoms with E-state index in [-0.39, 0.29) is 0 Å². The molecule has 0 aliphatic heterocycles. The summed E-state index contributed by atoms with van der Waals surface area (Å²) < 4.78 is 0. The van der Waals surface area contributed by atoms with Crippen LogP contribution in [0.4, 0.5) is 0 Å². The van der Waals surface area contributed by atoms with Gasteiger partial charge in [-0.2, -0.15) is 5.26 Å². The maximum Gasteiger partial charge on any atom is 0.164 e. The maximum atomic E-state index is 10.0. The average molecular weight is 727 g/mol. The molecule has 0 unspecified atom stereocenters. The van der Waals surface area contributed by atoms with Gasteiger partial charge in [-0.15, -0.1) is 0 Å². The number of hydrogen-bond acceptors (Lipinski definition) is 4. The third-order valence-corrected chi connectivity index (χ3v) is 11.9. The van der Waals surface area contributed by atoms with Gasteiger partial charge < -0.3 is 0 Å². The predicted molar refractivity (Wildman–Crippen MR) is 229 cm³/mol. The van der Waals surface area contributed by atoms with Crippen molar-refractivity contribution >= 4 is 5.57 Å². The van der Waals surface area contributed by atoms with Crippen molar-refractivity contribution in [1.29, 1.82) is 5.26 Å². The lowest BCUT2D eigenvalue weighted by Gasteiger charge is -2.30. The molecule has 0 amide bonds. The SMILES string of the molecule is N#Cc1ccc2c(c1)C1(c3ccccc3-c3ccccc31)c1cc(-c3cccc(-c4ccc(-c5nc(C6=CC=CCC6)nc(-c6ccccc6)n5)cc4)c3)ccc1-2. The van der Waals surface area contributed by atoms with Crippen molar-refractivity contribution in [3.05, 3.63) is 216 Å². The molecule has 4 nitrogen and oxygen atoms in total. The zero-order valence-electron chi connectivity index (χ0n) is 31.0. The Bertz CT molecular complexity index is 2980. The van der Waals surface area contributed by atoms with Gasteiger partial charge in [-0.1, -0.05) is 158 Å². The van der Waals surface area contributed by atoms with E-state index in [0.717, 1.165) is 57.6 Å². The lowest BCUT2D eigenvalue weighted by atomic mass is 9.70. The summed E-state index contributed by atoms with van der Waals surface area (Å²) in [6.07, 6.45) is 8.27. The fraction of sp³-hybridized carbons (Fsp3) is 0.0566. The van der Waals surface area contributed by atoms with E-state index in [9.17, 15) is 5.26 Å². The minimum atomic E-state index is -0.520. The third kappa shape index (κ3) is 5.17. The molecule has 11 rings (SSSR count).